The van der Waals surface area contributed by atoms with E-state index in [1.54, 1.807) is 42.5 Å². The van der Waals surface area contributed by atoms with Crippen LogP contribution in [-0.4, -0.2) is 33.7 Å². The average Bonchev–Trinajstić information content (AvgIpc) is 2.53. The van der Waals surface area contributed by atoms with E-state index in [0.717, 1.165) is 0 Å². The van der Waals surface area contributed by atoms with Crippen molar-refractivity contribution in [3.63, 3.8) is 0 Å². The van der Waals surface area contributed by atoms with E-state index in [1.165, 1.54) is 0 Å². The van der Waals surface area contributed by atoms with Crippen molar-refractivity contribution in [1.29, 1.82) is 0 Å². The summed E-state index contributed by atoms with van der Waals surface area (Å²) >= 11 is 0. The third kappa shape index (κ3) is 2.93. The van der Waals surface area contributed by atoms with Gasteiger partial charge in [-0.2, -0.15) is 0 Å². The van der Waals surface area contributed by atoms with Gasteiger partial charge in [-0.25, -0.2) is 9.59 Å². The predicted molar refractivity (Wildman–Crippen MR) is 79.4 cm³/mol. The van der Waals surface area contributed by atoms with Gasteiger partial charge in [-0.15, -0.1) is 0 Å². The van der Waals surface area contributed by atoms with Crippen LogP contribution in [0.15, 0.2) is 42.5 Å². The highest BCUT2D eigenvalue weighted by Crippen LogP contribution is 2.30. The SMILES string of the molecule is Nc1cccc2c1C(=O)c1ccccc1C2=O.O=C(O)C(=O)O. The van der Waals surface area contributed by atoms with Gasteiger partial charge in [0.2, 0.25) is 0 Å². The molecule has 0 fully saturated rings. The molecule has 0 aliphatic heterocycles. The van der Waals surface area contributed by atoms with Crippen LogP contribution in [0.4, 0.5) is 5.69 Å². The largest absolute Gasteiger partial charge is 0.473 e. The van der Waals surface area contributed by atoms with E-state index in [2.05, 4.69) is 0 Å². The highest BCUT2D eigenvalue weighted by Gasteiger charge is 2.30. The first-order chi connectivity index (χ1) is 10.8. The van der Waals surface area contributed by atoms with Crippen LogP contribution >= 0.6 is 0 Å². The van der Waals surface area contributed by atoms with Crippen molar-refractivity contribution in [2.24, 2.45) is 0 Å². The van der Waals surface area contributed by atoms with Gasteiger partial charge in [-0.3, -0.25) is 9.59 Å². The molecule has 116 valence electrons. The van der Waals surface area contributed by atoms with Crippen LogP contribution in [0.1, 0.15) is 31.8 Å². The molecule has 3 rings (SSSR count). The number of carbonyl (C=O) groups is 4. The van der Waals surface area contributed by atoms with E-state index in [9.17, 15) is 9.59 Å². The van der Waals surface area contributed by atoms with Gasteiger partial charge in [-0.05, 0) is 6.07 Å². The van der Waals surface area contributed by atoms with Gasteiger partial charge in [0.15, 0.2) is 11.6 Å². The number of rotatable bonds is 0. The first-order valence-electron chi connectivity index (χ1n) is 6.37. The minimum Gasteiger partial charge on any atom is -0.473 e. The second-order valence-corrected chi connectivity index (χ2v) is 4.58. The third-order valence-electron chi connectivity index (χ3n) is 3.17. The molecule has 0 amide bonds. The molecule has 1 aliphatic rings. The van der Waals surface area contributed by atoms with Crippen LogP contribution in [-0.2, 0) is 9.59 Å². The number of hydrogen-bond acceptors (Lipinski definition) is 5. The van der Waals surface area contributed by atoms with Crippen LogP contribution in [0.5, 0.6) is 0 Å². The van der Waals surface area contributed by atoms with E-state index in [0.29, 0.717) is 27.9 Å². The summed E-state index contributed by atoms with van der Waals surface area (Å²) in [6.45, 7) is 0. The van der Waals surface area contributed by atoms with Crippen LogP contribution in [0.3, 0.4) is 0 Å². The van der Waals surface area contributed by atoms with Crippen molar-refractivity contribution in [3.8, 4) is 0 Å². The molecular formula is C16H11NO6. The Morgan fingerprint density at radius 1 is 0.739 bits per heavy atom. The number of ketones is 2. The average molecular weight is 313 g/mol. The van der Waals surface area contributed by atoms with E-state index in [1.807, 2.05) is 0 Å². The Morgan fingerprint density at radius 3 is 1.74 bits per heavy atom. The number of fused-ring (bicyclic) bond motifs is 2. The van der Waals surface area contributed by atoms with E-state index < -0.39 is 11.9 Å². The summed E-state index contributed by atoms with van der Waals surface area (Å²) in [6, 6.07) is 11.8. The second-order valence-electron chi connectivity index (χ2n) is 4.58. The van der Waals surface area contributed by atoms with Gasteiger partial charge in [-0.1, -0.05) is 36.4 Å². The molecule has 0 spiro atoms. The smallest absolute Gasteiger partial charge is 0.414 e. The van der Waals surface area contributed by atoms with Crippen molar-refractivity contribution in [1.82, 2.24) is 0 Å². The molecule has 1 aliphatic carbocycles. The zero-order chi connectivity index (χ0) is 17.1. The lowest BCUT2D eigenvalue weighted by Gasteiger charge is -2.18. The number of nitrogen functional groups attached to an aromatic ring is 1. The minimum atomic E-state index is -1.82. The van der Waals surface area contributed by atoms with E-state index in [4.69, 9.17) is 25.5 Å². The Labute approximate surface area is 130 Å². The lowest BCUT2D eigenvalue weighted by Crippen LogP contribution is -2.22. The van der Waals surface area contributed by atoms with E-state index in [-0.39, 0.29) is 11.6 Å². The molecule has 2 aromatic rings. The Bertz CT molecular complexity index is 828. The van der Waals surface area contributed by atoms with Crippen LogP contribution in [0.2, 0.25) is 0 Å². The molecule has 0 aromatic heterocycles. The Morgan fingerprint density at radius 2 is 1.22 bits per heavy atom. The molecule has 7 nitrogen and oxygen atoms in total. The van der Waals surface area contributed by atoms with Gasteiger partial charge in [0.25, 0.3) is 0 Å². The maximum absolute atomic E-state index is 12.2. The number of nitrogens with two attached hydrogens (primary N) is 1. The van der Waals surface area contributed by atoms with Crippen molar-refractivity contribution >= 4 is 29.2 Å². The highest BCUT2D eigenvalue weighted by molar-refractivity contribution is 6.30. The van der Waals surface area contributed by atoms with Gasteiger partial charge in [0.1, 0.15) is 0 Å². The molecule has 0 atom stereocenters. The first-order valence-corrected chi connectivity index (χ1v) is 6.37. The molecule has 0 heterocycles. The molecule has 0 radical (unpaired) electrons. The molecule has 7 heteroatoms. The molecule has 0 bridgehead atoms. The quantitative estimate of drug-likeness (QED) is 0.419. The number of carboxylic acid groups (broad SMARTS) is 2. The Balaban J connectivity index is 0.000000277. The Kier molecular flexibility index (Phi) is 4.22. The van der Waals surface area contributed by atoms with Crippen molar-refractivity contribution < 1.29 is 29.4 Å². The normalized spacial score (nSPS) is 11.7. The predicted octanol–water partition coefficient (Wildman–Crippen LogP) is 1.20. The van der Waals surface area contributed by atoms with Crippen LogP contribution in [0, 0.1) is 0 Å². The first kappa shape index (κ1) is 15.9. The molecule has 0 unspecified atom stereocenters. The number of benzene rings is 2. The monoisotopic (exact) mass is 313 g/mol. The fourth-order valence-electron chi connectivity index (χ4n) is 2.17. The Hall–Kier alpha value is -3.48. The lowest BCUT2D eigenvalue weighted by atomic mass is 9.83. The third-order valence-corrected chi connectivity index (χ3v) is 3.17. The molecule has 23 heavy (non-hydrogen) atoms. The highest BCUT2D eigenvalue weighted by atomic mass is 16.4. The van der Waals surface area contributed by atoms with Gasteiger partial charge >= 0.3 is 11.9 Å². The molecular weight excluding hydrogens is 302 g/mol. The van der Waals surface area contributed by atoms with Crippen molar-refractivity contribution in [2.75, 3.05) is 5.73 Å². The second kappa shape index (κ2) is 6.10. The zero-order valence-electron chi connectivity index (χ0n) is 11.6. The van der Waals surface area contributed by atoms with Gasteiger partial charge < -0.3 is 15.9 Å². The van der Waals surface area contributed by atoms with Crippen LogP contribution < -0.4 is 5.73 Å². The summed E-state index contributed by atoms with van der Waals surface area (Å²) in [6.07, 6.45) is 0. The number of carboxylic acids is 2. The summed E-state index contributed by atoms with van der Waals surface area (Å²) in [5.41, 5.74) is 7.75. The number of hydrogen-bond donors (Lipinski definition) is 3. The maximum Gasteiger partial charge on any atom is 0.414 e. The fraction of sp³-hybridized carbons (Fsp3) is 0. The summed E-state index contributed by atoms with van der Waals surface area (Å²) in [7, 11) is 0. The topological polar surface area (TPSA) is 135 Å². The number of aliphatic carboxylic acids is 2. The lowest BCUT2D eigenvalue weighted by molar-refractivity contribution is -0.159. The molecule has 0 saturated heterocycles. The van der Waals surface area contributed by atoms with Crippen LogP contribution in [0.25, 0.3) is 0 Å². The van der Waals surface area contributed by atoms with Crippen molar-refractivity contribution in [3.05, 3.63) is 64.7 Å². The standard InChI is InChI=1S/C14H9NO2.C2H2O4/c15-11-7-3-6-10-12(11)14(17)9-5-2-1-4-8(9)13(10)16;3-1(4)2(5)6/h1-7H,15H2;(H,3,4)(H,5,6). The molecule has 0 saturated carbocycles. The molecule has 2 aromatic carbocycles. The summed E-state index contributed by atoms with van der Waals surface area (Å²) in [4.78, 5) is 42.6. The van der Waals surface area contributed by atoms with Gasteiger partial charge in [0, 0.05) is 22.4 Å². The zero-order valence-corrected chi connectivity index (χ0v) is 11.6. The van der Waals surface area contributed by atoms with Gasteiger partial charge in [0.05, 0.1) is 5.56 Å². The summed E-state index contributed by atoms with van der Waals surface area (Å²) in [5.74, 6) is -3.96. The minimum absolute atomic E-state index is 0.137. The number of carbonyl (C=O) groups excluding carboxylic acids is 2. The van der Waals surface area contributed by atoms with E-state index >= 15 is 0 Å². The van der Waals surface area contributed by atoms with Crippen molar-refractivity contribution in [2.45, 2.75) is 0 Å². The maximum atomic E-state index is 12.2. The molecule has 4 N–H and O–H groups in total. The number of anilines is 1. The fourth-order valence-corrected chi connectivity index (χ4v) is 2.17. The summed E-state index contributed by atoms with van der Waals surface area (Å²) in [5, 5.41) is 14.8. The summed E-state index contributed by atoms with van der Waals surface area (Å²) < 4.78 is 0.